The van der Waals surface area contributed by atoms with Gasteiger partial charge in [-0.2, -0.15) is 0 Å². The van der Waals surface area contributed by atoms with Gasteiger partial charge in [-0.1, -0.05) is 6.07 Å². The second kappa shape index (κ2) is 8.12. The number of benzene rings is 2. The van der Waals surface area contributed by atoms with Gasteiger partial charge in [-0.15, -0.1) is 0 Å². The summed E-state index contributed by atoms with van der Waals surface area (Å²) < 4.78 is 54.1. The summed E-state index contributed by atoms with van der Waals surface area (Å²) in [5.41, 5.74) is 1.00. The monoisotopic (exact) mass is 444 g/mol. The van der Waals surface area contributed by atoms with Crippen molar-refractivity contribution < 1.29 is 17.2 Å². The van der Waals surface area contributed by atoms with E-state index in [1.165, 1.54) is 18.2 Å². The Kier molecular flexibility index (Phi) is 6.06. The molecule has 2 aromatic rings. The molecule has 140 valence electrons. The van der Waals surface area contributed by atoms with Crippen molar-refractivity contribution in [1.82, 2.24) is 9.62 Å². The van der Waals surface area contributed by atoms with Crippen molar-refractivity contribution in [2.45, 2.75) is 30.3 Å². The summed E-state index contributed by atoms with van der Waals surface area (Å²) in [6, 6.07) is 9.60. The summed E-state index contributed by atoms with van der Waals surface area (Å²) in [5, 5.41) is 0. The van der Waals surface area contributed by atoms with E-state index in [1.54, 1.807) is 12.1 Å². The molecular weight excluding hydrogens is 426 g/mol. The van der Waals surface area contributed by atoms with Crippen LogP contribution < -0.4 is 4.72 Å². The average molecular weight is 445 g/mol. The number of nitrogens with one attached hydrogen (secondary N) is 1. The number of hydrogen-bond donors (Lipinski definition) is 1. The lowest BCUT2D eigenvalue weighted by atomic mass is 10.1. The van der Waals surface area contributed by atoms with E-state index in [9.17, 15) is 17.2 Å². The van der Waals surface area contributed by atoms with Gasteiger partial charge in [0.25, 0.3) is 0 Å². The highest BCUT2D eigenvalue weighted by molar-refractivity contribution is 9.10. The fourth-order valence-corrected chi connectivity index (χ4v) is 4.74. The van der Waals surface area contributed by atoms with Crippen LogP contribution in [0.1, 0.15) is 18.4 Å². The van der Waals surface area contributed by atoms with E-state index in [1.807, 2.05) is 0 Å². The van der Waals surface area contributed by atoms with Gasteiger partial charge in [-0.3, -0.25) is 4.90 Å². The second-order valence-corrected chi connectivity index (χ2v) is 8.94. The lowest BCUT2D eigenvalue weighted by Gasteiger charge is -2.32. The molecule has 1 N–H and O–H groups in total. The molecule has 0 bridgehead atoms. The number of piperidine rings is 1. The highest BCUT2D eigenvalue weighted by Gasteiger charge is 2.24. The van der Waals surface area contributed by atoms with Gasteiger partial charge in [0.2, 0.25) is 10.0 Å². The minimum atomic E-state index is -3.65. The van der Waals surface area contributed by atoms with E-state index in [0.717, 1.165) is 30.8 Å². The van der Waals surface area contributed by atoms with E-state index in [4.69, 9.17) is 0 Å². The van der Waals surface area contributed by atoms with Crippen LogP contribution in [0.15, 0.2) is 51.8 Å². The standard InChI is InChI=1S/C18H19BrF2N2O2S/c19-17-11-13(1-6-18(17)21)12-23-9-7-15(8-10-23)22-26(24,25)16-4-2-14(20)3-5-16/h1-6,11,15,22H,7-10,12H2. The summed E-state index contributed by atoms with van der Waals surface area (Å²) in [6.45, 7) is 2.17. The SMILES string of the molecule is O=S(=O)(NC1CCN(Cc2ccc(F)c(Br)c2)CC1)c1ccc(F)cc1. The largest absolute Gasteiger partial charge is 0.299 e. The Balaban J connectivity index is 1.55. The molecule has 26 heavy (non-hydrogen) atoms. The van der Waals surface area contributed by atoms with Crippen LogP contribution in [0.25, 0.3) is 0 Å². The molecule has 4 nitrogen and oxygen atoms in total. The Hall–Kier alpha value is -1.35. The van der Waals surface area contributed by atoms with Gasteiger partial charge in [0.1, 0.15) is 11.6 Å². The third-order valence-corrected chi connectivity index (χ3v) is 6.57. The Morgan fingerprint density at radius 1 is 1.08 bits per heavy atom. The van der Waals surface area contributed by atoms with Crippen molar-refractivity contribution in [3.63, 3.8) is 0 Å². The molecule has 0 radical (unpaired) electrons. The highest BCUT2D eigenvalue weighted by atomic mass is 79.9. The zero-order chi connectivity index (χ0) is 18.7. The van der Waals surface area contributed by atoms with Gasteiger partial charge in [-0.25, -0.2) is 21.9 Å². The minimum Gasteiger partial charge on any atom is -0.299 e. The third-order valence-electron chi connectivity index (χ3n) is 4.42. The van der Waals surface area contributed by atoms with Gasteiger partial charge in [0.15, 0.2) is 0 Å². The van der Waals surface area contributed by atoms with E-state index < -0.39 is 15.8 Å². The smallest absolute Gasteiger partial charge is 0.240 e. The molecule has 0 saturated carbocycles. The predicted molar refractivity (Wildman–Crippen MR) is 99.1 cm³/mol. The van der Waals surface area contributed by atoms with Crippen molar-refractivity contribution >= 4 is 26.0 Å². The van der Waals surface area contributed by atoms with Gasteiger partial charge in [0, 0.05) is 25.7 Å². The molecule has 1 fully saturated rings. The van der Waals surface area contributed by atoms with Crippen molar-refractivity contribution in [2.24, 2.45) is 0 Å². The van der Waals surface area contributed by atoms with Gasteiger partial charge in [-0.05, 0) is 70.7 Å². The second-order valence-electron chi connectivity index (χ2n) is 6.37. The zero-order valence-corrected chi connectivity index (χ0v) is 16.4. The zero-order valence-electron chi connectivity index (χ0n) is 14.0. The molecule has 1 heterocycles. The van der Waals surface area contributed by atoms with Crippen LogP contribution in [0.3, 0.4) is 0 Å². The number of halogens is 3. The van der Waals surface area contributed by atoms with Crippen LogP contribution in [0.4, 0.5) is 8.78 Å². The predicted octanol–water partition coefficient (Wildman–Crippen LogP) is 3.67. The molecule has 3 rings (SSSR count). The number of sulfonamides is 1. The average Bonchev–Trinajstić information content (AvgIpc) is 2.60. The van der Waals surface area contributed by atoms with E-state index in [0.29, 0.717) is 23.9 Å². The normalized spacial score (nSPS) is 16.7. The Labute approximate surface area is 160 Å². The Morgan fingerprint density at radius 3 is 2.35 bits per heavy atom. The molecule has 0 spiro atoms. The summed E-state index contributed by atoms with van der Waals surface area (Å²) in [5.74, 6) is -0.757. The van der Waals surface area contributed by atoms with Crippen LogP contribution in [0.2, 0.25) is 0 Å². The van der Waals surface area contributed by atoms with Crippen molar-refractivity contribution in [3.8, 4) is 0 Å². The minimum absolute atomic E-state index is 0.0671. The number of hydrogen-bond acceptors (Lipinski definition) is 3. The molecule has 8 heteroatoms. The quantitative estimate of drug-likeness (QED) is 0.765. The molecule has 0 unspecified atom stereocenters. The van der Waals surface area contributed by atoms with Gasteiger partial charge >= 0.3 is 0 Å². The third kappa shape index (κ3) is 4.88. The Morgan fingerprint density at radius 2 is 1.73 bits per heavy atom. The first-order valence-corrected chi connectivity index (χ1v) is 10.6. The fraction of sp³-hybridized carbons (Fsp3) is 0.333. The summed E-state index contributed by atoms with van der Waals surface area (Å²) in [6.07, 6.45) is 1.37. The lowest BCUT2D eigenvalue weighted by molar-refractivity contribution is 0.200. The summed E-state index contributed by atoms with van der Waals surface area (Å²) >= 11 is 3.19. The van der Waals surface area contributed by atoms with Crippen LogP contribution in [0, 0.1) is 11.6 Å². The number of rotatable bonds is 5. The first-order valence-electron chi connectivity index (χ1n) is 8.28. The molecular formula is C18H19BrF2N2O2S. The van der Waals surface area contributed by atoms with E-state index in [-0.39, 0.29) is 16.8 Å². The van der Waals surface area contributed by atoms with Crippen LogP contribution in [-0.4, -0.2) is 32.4 Å². The van der Waals surface area contributed by atoms with Crippen molar-refractivity contribution in [3.05, 3.63) is 64.1 Å². The topological polar surface area (TPSA) is 49.4 Å². The number of nitrogens with zero attached hydrogens (tertiary/aromatic N) is 1. The number of likely N-dealkylation sites (tertiary alicyclic amines) is 1. The maximum atomic E-state index is 13.3. The Bertz CT molecular complexity index is 867. The van der Waals surface area contributed by atoms with Crippen LogP contribution in [0.5, 0.6) is 0 Å². The van der Waals surface area contributed by atoms with Gasteiger partial charge < -0.3 is 0 Å². The molecule has 0 amide bonds. The lowest BCUT2D eigenvalue weighted by Crippen LogP contribution is -2.44. The maximum Gasteiger partial charge on any atom is 0.240 e. The molecule has 2 aromatic carbocycles. The van der Waals surface area contributed by atoms with Gasteiger partial charge in [0.05, 0.1) is 9.37 Å². The van der Waals surface area contributed by atoms with Crippen LogP contribution >= 0.6 is 15.9 Å². The summed E-state index contributed by atoms with van der Waals surface area (Å²) in [4.78, 5) is 2.28. The molecule has 0 aromatic heterocycles. The fourth-order valence-electron chi connectivity index (χ4n) is 3.01. The van der Waals surface area contributed by atoms with E-state index in [2.05, 4.69) is 25.6 Å². The first-order chi connectivity index (χ1) is 12.3. The molecule has 1 saturated heterocycles. The highest BCUT2D eigenvalue weighted by Crippen LogP contribution is 2.20. The molecule has 0 atom stereocenters. The molecule has 1 aliphatic heterocycles. The van der Waals surface area contributed by atoms with Crippen molar-refractivity contribution in [2.75, 3.05) is 13.1 Å². The van der Waals surface area contributed by atoms with E-state index >= 15 is 0 Å². The maximum absolute atomic E-state index is 13.3. The first kappa shape index (κ1) is 19.4. The van der Waals surface area contributed by atoms with Crippen molar-refractivity contribution in [1.29, 1.82) is 0 Å². The van der Waals surface area contributed by atoms with Crippen LogP contribution in [-0.2, 0) is 16.6 Å². The molecule has 0 aliphatic carbocycles. The summed E-state index contributed by atoms with van der Waals surface area (Å²) in [7, 11) is -3.65. The molecule has 1 aliphatic rings.